The first-order valence-electron chi connectivity index (χ1n) is 11.5. The number of nitrogens with one attached hydrogen (secondary N) is 1. The van der Waals surface area contributed by atoms with Crippen molar-refractivity contribution in [2.24, 2.45) is 5.41 Å². The van der Waals surface area contributed by atoms with E-state index in [-0.39, 0.29) is 23.4 Å². The quantitative estimate of drug-likeness (QED) is 0.720. The lowest BCUT2D eigenvalue weighted by atomic mass is 9.73. The largest absolute Gasteiger partial charge is 0.491 e. The van der Waals surface area contributed by atoms with Gasteiger partial charge in [0.15, 0.2) is 0 Å². The van der Waals surface area contributed by atoms with Gasteiger partial charge in [0.1, 0.15) is 18.2 Å². The molecule has 170 valence electrons. The topological polar surface area (TPSA) is 58.6 Å². The van der Waals surface area contributed by atoms with Crippen LogP contribution in [0.4, 0.5) is 4.39 Å². The van der Waals surface area contributed by atoms with E-state index in [9.17, 15) is 14.0 Å². The van der Waals surface area contributed by atoms with Gasteiger partial charge in [0.2, 0.25) is 5.91 Å². The SMILES string of the molecule is C[C@@H]1COc2ccccc2CCCCC2(CCN(C(=O)c3ccccc3F)CC2)C(=O)N1. The van der Waals surface area contributed by atoms with E-state index in [4.69, 9.17) is 4.74 Å². The Kier molecular flexibility index (Phi) is 6.77. The van der Waals surface area contributed by atoms with Gasteiger partial charge in [-0.25, -0.2) is 4.39 Å². The molecule has 2 aliphatic heterocycles. The molecule has 2 heterocycles. The Balaban J connectivity index is 1.46. The Labute approximate surface area is 188 Å². The summed E-state index contributed by atoms with van der Waals surface area (Å²) in [5, 5.41) is 3.15. The van der Waals surface area contributed by atoms with Crippen molar-refractivity contribution in [3.8, 4) is 5.75 Å². The van der Waals surface area contributed by atoms with Gasteiger partial charge < -0.3 is 15.0 Å². The lowest BCUT2D eigenvalue weighted by Gasteiger charge is -2.41. The summed E-state index contributed by atoms with van der Waals surface area (Å²) in [6, 6.07) is 14.0. The van der Waals surface area contributed by atoms with Crippen molar-refractivity contribution in [1.82, 2.24) is 10.2 Å². The summed E-state index contributed by atoms with van der Waals surface area (Å²) < 4.78 is 20.1. The third-order valence-corrected chi connectivity index (χ3v) is 6.78. The highest BCUT2D eigenvalue weighted by atomic mass is 19.1. The highest BCUT2D eigenvalue weighted by Gasteiger charge is 2.42. The van der Waals surface area contributed by atoms with Crippen molar-refractivity contribution in [2.45, 2.75) is 51.5 Å². The van der Waals surface area contributed by atoms with Gasteiger partial charge in [0.25, 0.3) is 5.91 Å². The van der Waals surface area contributed by atoms with Crippen LogP contribution in [0, 0.1) is 11.2 Å². The number of hydrogen-bond donors (Lipinski definition) is 1. The standard InChI is InChI=1S/C26H31FN2O3/c1-19-18-32-23-12-5-2-8-20(23)9-6-7-13-26(25(31)28-19)14-16-29(17-15-26)24(30)21-10-3-4-11-22(21)27/h2-5,8,10-12,19H,6-7,9,13-18H2,1H3,(H,28,31)/t19-/m1/s1. The fourth-order valence-electron chi connectivity index (χ4n) is 4.80. The monoisotopic (exact) mass is 438 g/mol. The number of piperidine rings is 1. The predicted octanol–water partition coefficient (Wildman–Crippen LogP) is 4.36. The minimum atomic E-state index is -0.504. The Bertz CT molecular complexity index is 969. The minimum Gasteiger partial charge on any atom is -0.491 e. The summed E-state index contributed by atoms with van der Waals surface area (Å²) in [5.74, 6) is 0.129. The van der Waals surface area contributed by atoms with E-state index in [2.05, 4.69) is 11.4 Å². The van der Waals surface area contributed by atoms with Crippen molar-refractivity contribution in [3.05, 3.63) is 65.5 Å². The number of likely N-dealkylation sites (tertiary alicyclic amines) is 1. The van der Waals surface area contributed by atoms with Gasteiger partial charge in [-0.1, -0.05) is 36.8 Å². The molecule has 1 saturated heterocycles. The second kappa shape index (κ2) is 9.72. The molecular weight excluding hydrogens is 407 g/mol. The fraction of sp³-hybridized carbons (Fsp3) is 0.462. The lowest BCUT2D eigenvalue weighted by Crippen LogP contribution is -2.52. The van der Waals surface area contributed by atoms with Crippen LogP contribution < -0.4 is 10.1 Å². The molecule has 2 aromatic carbocycles. The third-order valence-electron chi connectivity index (χ3n) is 6.78. The second-order valence-electron chi connectivity index (χ2n) is 9.05. The van der Waals surface area contributed by atoms with Crippen molar-refractivity contribution < 1.29 is 18.7 Å². The van der Waals surface area contributed by atoms with Gasteiger partial charge in [-0.3, -0.25) is 9.59 Å². The molecule has 2 aromatic rings. The van der Waals surface area contributed by atoms with Crippen LogP contribution in [-0.4, -0.2) is 42.5 Å². The number of hydrogen-bond acceptors (Lipinski definition) is 3. The molecule has 5 nitrogen and oxygen atoms in total. The molecule has 1 atom stereocenters. The van der Waals surface area contributed by atoms with Gasteiger partial charge in [-0.05, 0) is 62.8 Å². The Morgan fingerprint density at radius 1 is 1.06 bits per heavy atom. The zero-order chi connectivity index (χ0) is 22.6. The Morgan fingerprint density at radius 2 is 1.78 bits per heavy atom. The van der Waals surface area contributed by atoms with Crippen LogP contribution in [0.1, 0.15) is 54.9 Å². The van der Waals surface area contributed by atoms with Crippen molar-refractivity contribution in [2.75, 3.05) is 19.7 Å². The van der Waals surface area contributed by atoms with Gasteiger partial charge >= 0.3 is 0 Å². The van der Waals surface area contributed by atoms with Crippen molar-refractivity contribution >= 4 is 11.8 Å². The highest BCUT2D eigenvalue weighted by molar-refractivity contribution is 5.94. The van der Waals surface area contributed by atoms with E-state index in [1.54, 1.807) is 17.0 Å². The maximum Gasteiger partial charge on any atom is 0.256 e. The maximum absolute atomic E-state index is 14.1. The predicted molar refractivity (Wildman–Crippen MR) is 121 cm³/mol. The molecule has 6 heteroatoms. The van der Waals surface area contributed by atoms with Crippen LogP contribution in [0.5, 0.6) is 5.75 Å². The van der Waals surface area contributed by atoms with E-state index in [0.29, 0.717) is 32.5 Å². The number of fused-ring (bicyclic) bond motifs is 1. The first-order chi connectivity index (χ1) is 15.5. The number of amides is 2. The average molecular weight is 439 g/mol. The normalized spacial score (nSPS) is 21.5. The maximum atomic E-state index is 14.1. The van der Waals surface area contributed by atoms with E-state index in [0.717, 1.165) is 31.4 Å². The smallest absolute Gasteiger partial charge is 0.256 e. The van der Waals surface area contributed by atoms with Gasteiger partial charge in [0.05, 0.1) is 17.0 Å². The molecule has 1 fully saturated rings. The molecular formula is C26H31FN2O3. The van der Waals surface area contributed by atoms with E-state index >= 15 is 0 Å². The zero-order valence-electron chi connectivity index (χ0n) is 18.6. The van der Waals surface area contributed by atoms with Crippen molar-refractivity contribution in [1.29, 1.82) is 0 Å². The number of carbonyl (C=O) groups excluding carboxylic acids is 2. The Hall–Kier alpha value is -2.89. The summed E-state index contributed by atoms with van der Waals surface area (Å²) in [4.78, 5) is 27.8. The van der Waals surface area contributed by atoms with E-state index in [1.165, 1.54) is 17.7 Å². The molecule has 1 N–H and O–H groups in total. The number of rotatable bonds is 1. The number of para-hydroxylation sites is 1. The molecule has 0 saturated carbocycles. The van der Waals surface area contributed by atoms with Gasteiger partial charge in [0, 0.05) is 13.1 Å². The Morgan fingerprint density at radius 3 is 2.56 bits per heavy atom. The summed E-state index contributed by atoms with van der Waals surface area (Å²) in [7, 11) is 0. The molecule has 2 aliphatic rings. The first-order valence-corrected chi connectivity index (χ1v) is 11.5. The zero-order valence-corrected chi connectivity index (χ0v) is 18.6. The van der Waals surface area contributed by atoms with E-state index in [1.807, 2.05) is 25.1 Å². The average Bonchev–Trinajstić information content (AvgIpc) is 2.80. The molecule has 1 spiro atoms. The van der Waals surface area contributed by atoms with Gasteiger partial charge in [-0.2, -0.15) is 0 Å². The number of benzene rings is 2. The molecule has 2 amide bonds. The molecule has 0 unspecified atom stereocenters. The van der Waals surface area contributed by atoms with Crippen LogP contribution in [0.25, 0.3) is 0 Å². The third kappa shape index (κ3) is 4.79. The minimum absolute atomic E-state index is 0.0421. The molecule has 0 bridgehead atoms. The summed E-state index contributed by atoms with van der Waals surface area (Å²) >= 11 is 0. The van der Waals surface area contributed by atoms with Crippen LogP contribution in [0.2, 0.25) is 0 Å². The number of halogens is 1. The van der Waals surface area contributed by atoms with Crippen LogP contribution in [0.15, 0.2) is 48.5 Å². The van der Waals surface area contributed by atoms with Crippen LogP contribution in [-0.2, 0) is 11.2 Å². The van der Waals surface area contributed by atoms with E-state index < -0.39 is 11.2 Å². The van der Waals surface area contributed by atoms with Crippen molar-refractivity contribution in [3.63, 3.8) is 0 Å². The molecule has 32 heavy (non-hydrogen) atoms. The number of nitrogens with zero attached hydrogens (tertiary/aromatic N) is 1. The van der Waals surface area contributed by atoms with Crippen LogP contribution in [0.3, 0.4) is 0 Å². The number of ether oxygens (including phenoxy) is 1. The summed E-state index contributed by atoms with van der Waals surface area (Å²) in [6.45, 7) is 3.27. The summed E-state index contributed by atoms with van der Waals surface area (Å²) in [6.07, 6.45) is 4.78. The molecule has 0 aromatic heterocycles. The molecule has 4 rings (SSSR count). The number of aryl methyl sites for hydroxylation is 1. The molecule has 0 aliphatic carbocycles. The highest BCUT2D eigenvalue weighted by Crippen LogP contribution is 2.38. The lowest BCUT2D eigenvalue weighted by molar-refractivity contribution is -0.135. The first kappa shape index (κ1) is 22.3. The summed E-state index contributed by atoms with van der Waals surface area (Å²) in [5.41, 5.74) is 0.792. The number of carbonyl (C=O) groups is 2. The van der Waals surface area contributed by atoms with Crippen LogP contribution >= 0.6 is 0 Å². The second-order valence-corrected chi connectivity index (χ2v) is 9.05. The fourth-order valence-corrected chi connectivity index (χ4v) is 4.80. The molecule has 0 radical (unpaired) electrons. The van der Waals surface area contributed by atoms with Gasteiger partial charge in [-0.15, -0.1) is 0 Å².